The molecule has 15 heavy (non-hydrogen) atoms. The number of halogens is 2. The van der Waals surface area contributed by atoms with E-state index < -0.39 is 30.8 Å². The maximum absolute atomic E-state index is 11.9. The quantitative estimate of drug-likeness (QED) is 0.712. The minimum Gasteiger partial charge on any atom is -0.480 e. The monoisotopic (exact) mass is 223 g/mol. The number of carboxylic acids is 1. The lowest BCUT2D eigenvalue weighted by Gasteiger charge is -2.14. The fourth-order valence-corrected chi connectivity index (χ4v) is 1.02. The zero-order valence-corrected chi connectivity index (χ0v) is 8.67. The highest BCUT2D eigenvalue weighted by Crippen LogP contribution is 2.06. The lowest BCUT2D eigenvalue weighted by Crippen LogP contribution is -2.42. The molecular formula is C9H15F2NO3. The number of amides is 1. The smallest absolute Gasteiger partial charge is 0.326 e. The van der Waals surface area contributed by atoms with E-state index in [1.165, 1.54) is 0 Å². The van der Waals surface area contributed by atoms with Crippen LogP contribution in [0.25, 0.3) is 0 Å². The minimum atomic E-state index is -2.74. The number of carbonyl (C=O) groups excluding carboxylic acids is 1. The van der Waals surface area contributed by atoms with E-state index >= 15 is 0 Å². The molecule has 0 spiro atoms. The van der Waals surface area contributed by atoms with Crippen LogP contribution in [0.2, 0.25) is 0 Å². The number of carboxylic acid groups (broad SMARTS) is 1. The maximum atomic E-state index is 11.9. The molecule has 0 heterocycles. The van der Waals surface area contributed by atoms with Crippen LogP contribution in [0.4, 0.5) is 8.78 Å². The van der Waals surface area contributed by atoms with Gasteiger partial charge in [-0.1, -0.05) is 13.8 Å². The van der Waals surface area contributed by atoms with E-state index in [9.17, 15) is 18.4 Å². The standard InChI is InChI=1S/C9H15F2NO3/c1-5(2)3-8(13)12-6(9(14)15)4-7(10)11/h5-7H,3-4H2,1-2H3,(H,12,13)(H,14,15). The Hall–Kier alpha value is -1.20. The van der Waals surface area contributed by atoms with Gasteiger partial charge in [-0.3, -0.25) is 4.79 Å². The van der Waals surface area contributed by atoms with E-state index in [-0.39, 0.29) is 12.3 Å². The third kappa shape index (κ3) is 6.82. The normalized spacial score (nSPS) is 12.9. The predicted molar refractivity (Wildman–Crippen MR) is 49.6 cm³/mol. The highest BCUT2D eigenvalue weighted by atomic mass is 19.3. The Balaban J connectivity index is 4.16. The third-order valence-corrected chi connectivity index (χ3v) is 1.64. The second-order valence-corrected chi connectivity index (χ2v) is 3.68. The Morgan fingerprint density at radius 1 is 1.33 bits per heavy atom. The fraction of sp³-hybridized carbons (Fsp3) is 0.778. The van der Waals surface area contributed by atoms with Crippen LogP contribution >= 0.6 is 0 Å². The van der Waals surface area contributed by atoms with E-state index in [2.05, 4.69) is 5.32 Å². The average molecular weight is 223 g/mol. The largest absolute Gasteiger partial charge is 0.480 e. The molecule has 0 aliphatic rings. The van der Waals surface area contributed by atoms with E-state index in [0.29, 0.717) is 0 Å². The van der Waals surface area contributed by atoms with Crippen LogP contribution in [0.1, 0.15) is 26.7 Å². The SMILES string of the molecule is CC(C)CC(=O)NC(CC(F)F)C(=O)O. The zero-order valence-electron chi connectivity index (χ0n) is 8.67. The molecule has 2 N–H and O–H groups in total. The maximum Gasteiger partial charge on any atom is 0.326 e. The van der Waals surface area contributed by atoms with E-state index in [1.54, 1.807) is 13.8 Å². The van der Waals surface area contributed by atoms with E-state index in [1.807, 2.05) is 0 Å². The van der Waals surface area contributed by atoms with E-state index in [4.69, 9.17) is 5.11 Å². The van der Waals surface area contributed by atoms with Crippen molar-refractivity contribution in [3.63, 3.8) is 0 Å². The molecule has 6 heteroatoms. The van der Waals surface area contributed by atoms with Gasteiger partial charge in [0.05, 0.1) is 0 Å². The number of nitrogens with one attached hydrogen (secondary N) is 1. The fourth-order valence-electron chi connectivity index (χ4n) is 1.02. The summed E-state index contributed by atoms with van der Waals surface area (Å²) in [7, 11) is 0. The summed E-state index contributed by atoms with van der Waals surface area (Å²) < 4.78 is 23.9. The minimum absolute atomic E-state index is 0.0611. The number of hydrogen-bond acceptors (Lipinski definition) is 2. The first kappa shape index (κ1) is 13.8. The van der Waals surface area contributed by atoms with Crippen LogP contribution in [-0.4, -0.2) is 29.5 Å². The van der Waals surface area contributed by atoms with Gasteiger partial charge in [0.1, 0.15) is 6.04 Å². The van der Waals surface area contributed by atoms with Gasteiger partial charge in [-0.25, -0.2) is 13.6 Å². The van der Waals surface area contributed by atoms with Gasteiger partial charge in [0.2, 0.25) is 12.3 Å². The second kappa shape index (κ2) is 6.31. The Labute approximate surface area is 86.7 Å². The Kier molecular flexibility index (Phi) is 5.81. The summed E-state index contributed by atoms with van der Waals surface area (Å²) in [6.07, 6.45) is -3.47. The molecule has 0 aromatic heterocycles. The lowest BCUT2D eigenvalue weighted by molar-refractivity contribution is -0.143. The summed E-state index contributed by atoms with van der Waals surface area (Å²) in [6, 6.07) is -1.50. The van der Waals surface area contributed by atoms with Gasteiger partial charge in [-0.05, 0) is 5.92 Å². The van der Waals surface area contributed by atoms with Crippen molar-refractivity contribution in [2.75, 3.05) is 0 Å². The molecule has 1 atom stereocenters. The van der Waals surface area contributed by atoms with Crippen molar-refractivity contribution in [1.82, 2.24) is 5.32 Å². The van der Waals surface area contributed by atoms with Gasteiger partial charge >= 0.3 is 5.97 Å². The summed E-state index contributed by atoms with van der Waals surface area (Å²) in [5, 5.41) is 10.6. The van der Waals surface area contributed by atoms with Crippen LogP contribution in [-0.2, 0) is 9.59 Å². The van der Waals surface area contributed by atoms with E-state index in [0.717, 1.165) is 0 Å². The van der Waals surface area contributed by atoms with Crippen LogP contribution in [0, 0.1) is 5.92 Å². The zero-order chi connectivity index (χ0) is 12.0. The van der Waals surface area contributed by atoms with Crippen LogP contribution in [0.3, 0.4) is 0 Å². The molecule has 0 aromatic rings. The molecule has 0 radical (unpaired) electrons. The summed E-state index contributed by atoms with van der Waals surface area (Å²) in [4.78, 5) is 21.6. The molecule has 0 aliphatic carbocycles. The Morgan fingerprint density at radius 2 is 1.87 bits per heavy atom. The summed E-state index contributed by atoms with van der Waals surface area (Å²) in [5.74, 6) is -1.89. The molecule has 0 bridgehead atoms. The molecule has 88 valence electrons. The average Bonchev–Trinajstić information content (AvgIpc) is 1.99. The van der Waals surface area contributed by atoms with Gasteiger partial charge in [0.15, 0.2) is 0 Å². The molecule has 0 aliphatic heterocycles. The van der Waals surface area contributed by atoms with Gasteiger partial charge in [-0.15, -0.1) is 0 Å². The van der Waals surface area contributed by atoms with Crippen molar-refractivity contribution in [3.05, 3.63) is 0 Å². The van der Waals surface area contributed by atoms with Gasteiger partial charge in [-0.2, -0.15) is 0 Å². The molecule has 0 saturated heterocycles. The van der Waals surface area contributed by atoms with Crippen LogP contribution in [0.5, 0.6) is 0 Å². The van der Waals surface area contributed by atoms with Crippen molar-refractivity contribution in [2.24, 2.45) is 5.92 Å². The number of rotatable bonds is 6. The molecule has 1 amide bonds. The first-order chi connectivity index (χ1) is 6.82. The molecule has 1 unspecified atom stereocenters. The molecule has 0 fully saturated rings. The Morgan fingerprint density at radius 3 is 2.20 bits per heavy atom. The van der Waals surface area contributed by atoms with Crippen molar-refractivity contribution in [2.45, 2.75) is 39.2 Å². The highest BCUT2D eigenvalue weighted by molar-refractivity contribution is 5.83. The molecular weight excluding hydrogens is 208 g/mol. The summed E-state index contributed by atoms with van der Waals surface area (Å²) in [5.41, 5.74) is 0. The number of aliphatic carboxylic acids is 1. The number of hydrogen-bond donors (Lipinski definition) is 2. The van der Waals surface area contributed by atoms with Crippen LogP contribution < -0.4 is 5.32 Å². The van der Waals surface area contributed by atoms with Crippen molar-refractivity contribution >= 4 is 11.9 Å². The lowest BCUT2D eigenvalue weighted by atomic mass is 10.1. The number of carbonyl (C=O) groups is 2. The molecule has 0 aromatic carbocycles. The van der Waals surface area contributed by atoms with Gasteiger partial charge in [0.25, 0.3) is 0 Å². The summed E-state index contributed by atoms with van der Waals surface area (Å²) in [6.45, 7) is 3.56. The van der Waals surface area contributed by atoms with Crippen molar-refractivity contribution < 1.29 is 23.5 Å². The van der Waals surface area contributed by atoms with Crippen molar-refractivity contribution in [3.8, 4) is 0 Å². The van der Waals surface area contributed by atoms with Crippen molar-refractivity contribution in [1.29, 1.82) is 0 Å². The van der Waals surface area contributed by atoms with Gasteiger partial charge in [0, 0.05) is 12.8 Å². The van der Waals surface area contributed by atoms with Gasteiger partial charge < -0.3 is 10.4 Å². The Bertz CT molecular complexity index is 231. The molecule has 0 saturated carbocycles. The second-order valence-electron chi connectivity index (χ2n) is 3.68. The first-order valence-corrected chi connectivity index (χ1v) is 4.63. The highest BCUT2D eigenvalue weighted by Gasteiger charge is 2.24. The first-order valence-electron chi connectivity index (χ1n) is 4.63. The number of alkyl halides is 2. The summed E-state index contributed by atoms with van der Waals surface area (Å²) >= 11 is 0. The predicted octanol–water partition coefficient (Wildman–Crippen LogP) is 1.26. The van der Waals surface area contributed by atoms with Crippen LogP contribution in [0.15, 0.2) is 0 Å². The topological polar surface area (TPSA) is 66.4 Å². The third-order valence-electron chi connectivity index (χ3n) is 1.64. The molecule has 4 nitrogen and oxygen atoms in total. The molecule has 0 rings (SSSR count).